The highest BCUT2D eigenvalue weighted by atomic mass is 35.5. The van der Waals surface area contributed by atoms with Crippen LogP contribution in [0.3, 0.4) is 0 Å². The van der Waals surface area contributed by atoms with Gasteiger partial charge in [0.1, 0.15) is 11.5 Å². The van der Waals surface area contributed by atoms with Gasteiger partial charge in [0, 0.05) is 23.6 Å². The Bertz CT molecular complexity index is 1070. The number of rotatable bonds is 16. The van der Waals surface area contributed by atoms with Crippen LogP contribution in [0.1, 0.15) is 81.5 Å². The minimum atomic E-state index is 0. The highest BCUT2D eigenvalue weighted by molar-refractivity contribution is 5.85. The van der Waals surface area contributed by atoms with E-state index in [9.17, 15) is 5.11 Å². The molecular weight excluding hydrogens is 539 g/mol. The zero-order chi connectivity index (χ0) is 27.3. The number of phenols is 1. The first-order valence-corrected chi connectivity index (χ1v) is 14.4. The molecule has 6 heteroatoms. The molecule has 3 N–H and O–H groups in total. The first-order valence-electron chi connectivity index (χ1n) is 14.4. The molecule has 0 unspecified atom stereocenters. The van der Waals surface area contributed by atoms with Gasteiger partial charge in [0.15, 0.2) is 0 Å². The van der Waals surface area contributed by atoms with Gasteiger partial charge >= 0.3 is 0 Å². The molecule has 0 saturated carbocycles. The Morgan fingerprint density at radius 3 is 2.05 bits per heavy atom. The van der Waals surface area contributed by atoms with Gasteiger partial charge in [-0.1, -0.05) is 54.6 Å². The maximum absolute atomic E-state index is 10.9. The lowest BCUT2D eigenvalue weighted by atomic mass is 9.86. The standard InChI is InChI=1S/C34H48N2O2.2ClH/c1-26(2)36(27(3)4)23-21-32(30-12-8-5-9-13-30)33-25-29(16-19-34(33)37)11-7-6-10-24-38-31-17-14-28(15-18-31)20-22-35;;/h5,8-9,12-19,25-27,32,37H,6-7,10-11,20-24,35H2,1-4H3;2*1H/t32-;;/m1../s1. The Morgan fingerprint density at radius 1 is 0.775 bits per heavy atom. The molecule has 0 aliphatic carbocycles. The maximum atomic E-state index is 10.9. The smallest absolute Gasteiger partial charge is 0.119 e. The molecule has 0 bridgehead atoms. The van der Waals surface area contributed by atoms with Gasteiger partial charge in [-0.2, -0.15) is 0 Å². The summed E-state index contributed by atoms with van der Waals surface area (Å²) < 4.78 is 5.92. The van der Waals surface area contributed by atoms with E-state index in [-0.39, 0.29) is 30.7 Å². The molecule has 0 heterocycles. The molecule has 3 aromatic carbocycles. The first kappa shape index (κ1) is 35.8. The summed E-state index contributed by atoms with van der Waals surface area (Å²) >= 11 is 0. The van der Waals surface area contributed by atoms with Gasteiger partial charge in [0.25, 0.3) is 0 Å². The molecule has 0 spiro atoms. The number of nitrogens with two attached hydrogens (primary N) is 1. The number of hydrogen-bond acceptors (Lipinski definition) is 4. The van der Waals surface area contributed by atoms with Crippen molar-refractivity contribution in [1.82, 2.24) is 4.90 Å². The van der Waals surface area contributed by atoms with Crippen molar-refractivity contribution >= 4 is 24.8 Å². The summed E-state index contributed by atoms with van der Waals surface area (Å²) in [6.45, 7) is 11.5. The average molecular weight is 590 g/mol. The normalized spacial score (nSPS) is 11.8. The number of aryl methyl sites for hydroxylation is 1. The fourth-order valence-electron chi connectivity index (χ4n) is 5.33. The minimum absolute atomic E-state index is 0. The lowest BCUT2D eigenvalue weighted by Crippen LogP contribution is -2.38. The predicted molar refractivity (Wildman–Crippen MR) is 175 cm³/mol. The highest BCUT2D eigenvalue weighted by Gasteiger charge is 2.21. The average Bonchev–Trinajstić information content (AvgIpc) is 2.91. The van der Waals surface area contributed by atoms with Crippen LogP contribution in [-0.4, -0.2) is 41.8 Å². The number of unbranched alkanes of at least 4 members (excludes halogenated alkanes) is 2. The van der Waals surface area contributed by atoms with Gasteiger partial charge in [-0.05, 0) is 114 Å². The van der Waals surface area contributed by atoms with Gasteiger partial charge in [0.05, 0.1) is 6.61 Å². The third-order valence-corrected chi connectivity index (χ3v) is 7.41. The molecule has 3 aromatic rings. The molecule has 40 heavy (non-hydrogen) atoms. The van der Waals surface area contributed by atoms with Crippen molar-refractivity contribution in [3.63, 3.8) is 0 Å². The number of nitrogens with zero attached hydrogens (tertiary/aromatic N) is 1. The van der Waals surface area contributed by atoms with Crippen LogP contribution >= 0.6 is 24.8 Å². The number of phenolic OH excluding ortho intramolecular Hbond substituents is 1. The number of halogens is 2. The minimum Gasteiger partial charge on any atom is -0.508 e. The van der Waals surface area contributed by atoms with E-state index in [0.29, 0.717) is 24.4 Å². The lowest BCUT2D eigenvalue weighted by Gasteiger charge is -2.32. The van der Waals surface area contributed by atoms with Crippen molar-refractivity contribution < 1.29 is 9.84 Å². The molecule has 1 atom stereocenters. The monoisotopic (exact) mass is 588 g/mol. The SMILES string of the molecule is CC(C)N(CC[C@H](c1ccccc1)c1cc(CCCCCOc2ccc(CCN)cc2)ccc1O)C(C)C.Cl.Cl. The van der Waals surface area contributed by atoms with Crippen LogP contribution in [0.4, 0.5) is 0 Å². The van der Waals surface area contributed by atoms with Crippen LogP contribution in [0.15, 0.2) is 72.8 Å². The molecule has 0 aromatic heterocycles. The summed E-state index contributed by atoms with van der Waals surface area (Å²) in [6.07, 6.45) is 6.13. The molecule has 0 radical (unpaired) electrons. The largest absolute Gasteiger partial charge is 0.508 e. The van der Waals surface area contributed by atoms with Gasteiger partial charge < -0.3 is 15.6 Å². The number of ether oxygens (including phenoxy) is 1. The van der Waals surface area contributed by atoms with Crippen molar-refractivity contribution in [3.8, 4) is 11.5 Å². The van der Waals surface area contributed by atoms with E-state index in [2.05, 4.69) is 87.2 Å². The van der Waals surface area contributed by atoms with Crippen molar-refractivity contribution in [2.45, 2.75) is 84.2 Å². The van der Waals surface area contributed by atoms with E-state index in [0.717, 1.165) is 63.0 Å². The lowest BCUT2D eigenvalue weighted by molar-refractivity contribution is 0.170. The highest BCUT2D eigenvalue weighted by Crippen LogP contribution is 2.35. The van der Waals surface area contributed by atoms with Crippen molar-refractivity contribution in [3.05, 3.63) is 95.1 Å². The van der Waals surface area contributed by atoms with Crippen LogP contribution in [0, 0.1) is 0 Å². The fourth-order valence-corrected chi connectivity index (χ4v) is 5.33. The summed E-state index contributed by atoms with van der Waals surface area (Å²) in [4.78, 5) is 2.54. The van der Waals surface area contributed by atoms with Crippen molar-refractivity contribution in [1.29, 1.82) is 0 Å². The van der Waals surface area contributed by atoms with Crippen LogP contribution in [-0.2, 0) is 12.8 Å². The van der Waals surface area contributed by atoms with Crippen molar-refractivity contribution in [2.75, 3.05) is 19.7 Å². The molecule has 0 saturated heterocycles. The predicted octanol–water partition coefficient (Wildman–Crippen LogP) is 8.17. The third kappa shape index (κ3) is 11.3. The summed E-state index contributed by atoms with van der Waals surface area (Å²) in [6, 6.07) is 26.1. The van der Waals surface area contributed by atoms with Gasteiger partial charge in [-0.3, -0.25) is 4.90 Å². The second kappa shape index (κ2) is 19.0. The molecule has 3 rings (SSSR count). The zero-order valence-corrected chi connectivity index (χ0v) is 26.4. The maximum Gasteiger partial charge on any atom is 0.119 e. The Labute approximate surface area is 255 Å². The summed E-state index contributed by atoms with van der Waals surface area (Å²) in [5.74, 6) is 1.49. The summed E-state index contributed by atoms with van der Waals surface area (Å²) in [7, 11) is 0. The third-order valence-electron chi connectivity index (χ3n) is 7.41. The Hall–Kier alpha value is -2.24. The number of benzene rings is 3. The Morgan fingerprint density at radius 2 is 1.43 bits per heavy atom. The van der Waals surface area contributed by atoms with Crippen LogP contribution in [0.25, 0.3) is 0 Å². The first-order chi connectivity index (χ1) is 18.4. The van der Waals surface area contributed by atoms with E-state index in [1.807, 2.05) is 18.2 Å². The molecule has 0 fully saturated rings. The quantitative estimate of drug-likeness (QED) is 0.166. The van der Waals surface area contributed by atoms with Gasteiger partial charge in [0.2, 0.25) is 0 Å². The number of aromatic hydroxyl groups is 1. The Kier molecular flexibility index (Phi) is 17.0. The van der Waals surface area contributed by atoms with Gasteiger partial charge in [-0.15, -0.1) is 24.8 Å². The van der Waals surface area contributed by atoms with Gasteiger partial charge in [-0.25, -0.2) is 0 Å². The Balaban J connectivity index is 0.00000400. The second-order valence-corrected chi connectivity index (χ2v) is 10.9. The topological polar surface area (TPSA) is 58.7 Å². The fraction of sp³-hybridized carbons (Fsp3) is 0.471. The van der Waals surface area contributed by atoms with Crippen molar-refractivity contribution in [2.24, 2.45) is 5.73 Å². The summed E-state index contributed by atoms with van der Waals surface area (Å²) in [5, 5.41) is 10.9. The summed E-state index contributed by atoms with van der Waals surface area (Å²) in [5.41, 5.74) is 10.5. The number of hydrogen-bond donors (Lipinski definition) is 2. The molecule has 222 valence electrons. The molecule has 0 aliphatic rings. The molecule has 4 nitrogen and oxygen atoms in total. The van der Waals surface area contributed by atoms with E-state index in [4.69, 9.17) is 10.5 Å². The molecular formula is C34H50Cl2N2O2. The van der Waals surface area contributed by atoms with Crippen LogP contribution in [0.2, 0.25) is 0 Å². The van der Waals surface area contributed by atoms with Crippen LogP contribution in [0.5, 0.6) is 11.5 Å². The molecule has 0 amide bonds. The van der Waals surface area contributed by atoms with E-state index in [1.165, 1.54) is 16.7 Å². The second-order valence-electron chi connectivity index (χ2n) is 10.9. The van der Waals surface area contributed by atoms with E-state index >= 15 is 0 Å². The van der Waals surface area contributed by atoms with Crippen LogP contribution < -0.4 is 10.5 Å². The van der Waals surface area contributed by atoms with E-state index in [1.54, 1.807) is 0 Å². The molecule has 0 aliphatic heterocycles. The van der Waals surface area contributed by atoms with E-state index < -0.39 is 0 Å². The zero-order valence-electron chi connectivity index (χ0n) is 24.7.